The summed E-state index contributed by atoms with van der Waals surface area (Å²) in [6.07, 6.45) is 6.36. The standard InChI is InChI=1S/C22H32ClNOS/c1-16(12-24-9-8-22(13-24)14-26-15-22)10-17-2-7-20(21(23)11-17)18-3-5-19(25)6-4-18/h2,7,11,16,18-19,25H,3-6,8-10,12-15H2,1H3. The van der Waals surface area contributed by atoms with Crippen LogP contribution in [0.15, 0.2) is 18.2 Å². The van der Waals surface area contributed by atoms with Crippen molar-refractivity contribution in [3.8, 4) is 0 Å². The number of likely N-dealkylation sites (tertiary alicyclic amines) is 1. The molecule has 2 nitrogen and oxygen atoms in total. The van der Waals surface area contributed by atoms with Crippen molar-refractivity contribution in [2.75, 3.05) is 31.1 Å². The number of benzene rings is 1. The van der Waals surface area contributed by atoms with Gasteiger partial charge in [-0.2, -0.15) is 11.8 Å². The molecular formula is C22H32ClNOS. The highest BCUT2D eigenvalue weighted by atomic mass is 35.5. The lowest BCUT2D eigenvalue weighted by Gasteiger charge is -2.37. The molecule has 0 aromatic heterocycles. The predicted molar refractivity (Wildman–Crippen MR) is 112 cm³/mol. The molecule has 4 heteroatoms. The minimum Gasteiger partial charge on any atom is -0.393 e. The fourth-order valence-corrected chi connectivity index (χ4v) is 6.74. The first-order valence-electron chi connectivity index (χ1n) is 10.3. The second-order valence-electron chi connectivity index (χ2n) is 9.15. The summed E-state index contributed by atoms with van der Waals surface area (Å²) in [7, 11) is 0. The molecule has 3 fully saturated rings. The summed E-state index contributed by atoms with van der Waals surface area (Å²) < 4.78 is 0. The van der Waals surface area contributed by atoms with Gasteiger partial charge in [-0.25, -0.2) is 0 Å². The number of hydrogen-bond acceptors (Lipinski definition) is 3. The van der Waals surface area contributed by atoms with Crippen molar-refractivity contribution >= 4 is 23.4 Å². The maximum Gasteiger partial charge on any atom is 0.0540 e. The first-order chi connectivity index (χ1) is 12.5. The van der Waals surface area contributed by atoms with Crippen LogP contribution in [0, 0.1) is 11.3 Å². The van der Waals surface area contributed by atoms with Crippen LogP contribution < -0.4 is 0 Å². The van der Waals surface area contributed by atoms with Crippen molar-refractivity contribution < 1.29 is 5.11 Å². The molecule has 26 heavy (non-hydrogen) atoms. The number of aliphatic hydroxyl groups is 1. The smallest absolute Gasteiger partial charge is 0.0540 e. The van der Waals surface area contributed by atoms with Crippen molar-refractivity contribution in [2.24, 2.45) is 11.3 Å². The van der Waals surface area contributed by atoms with Crippen LogP contribution in [0.1, 0.15) is 56.1 Å². The summed E-state index contributed by atoms with van der Waals surface area (Å²) in [5, 5.41) is 10.7. The molecule has 1 atom stereocenters. The van der Waals surface area contributed by atoms with E-state index in [0.717, 1.165) is 37.1 Å². The van der Waals surface area contributed by atoms with E-state index in [2.05, 4.69) is 41.8 Å². The van der Waals surface area contributed by atoms with Crippen LogP contribution in [0.25, 0.3) is 0 Å². The SMILES string of the molecule is CC(Cc1ccc(C2CCC(O)CC2)c(Cl)c1)CN1CCC2(CSC2)C1. The third kappa shape index (κ3) is 4.27. The normalized spacial score (nSPS) is 29.7. The average molecular weight is 394 g/mol. The van der Waals surface area contributed by atoms with E-state index in [1.165, 1.54) is 48.7 Å². The van der Waals surface area contributed by atoms with E-state index in [4.69, 9.17) is 11.6 Å². The predicted octanol–water partition coefficient (Wildman–Crippen LogP) is 4.98. The Kier molecular flexibility index (Phi) is 5.90. The molecule has 0 radical (unpaired) electrons. The molecule has 1 spiro atoms. The maximum absolute atomic E-state index is 9.72. The lowest BCUT2D eigenvalue weighted by Crippen LogP contribution is -2.39. The third-order valence-electron chi connectivity index (χ3n) is 6.69. The van der Waals surface area contributed by atoms with Crippen molar-refractivity contribution in [2.45, 2.75) is 57.5 Å². The molecule has 4 rings (SSSR count). The van der Waals surface area contributed by atoms with Crippen LogP contribution in [0.3, 0.4) is 0 Å². The van der Waals surface area contributed by atoms with Crippen molar-refractivity contribution in [1.29, 1.82) is 0 Å². The average Bonchev–Trinajstić information content (AvgIpc) is 3.00. The number of thioether (sulfide) groups is 1. The largest absolute Gasteiger partial charge is 0.393 e. The van der Waals surface area contributed by atoms with Crippen molar-refractivity contribution in [3.05, 3.63) is 34.3 Å². The minimum atomic E-state index is -0.103. The van der Waals surface area contributed by atoms with Gasteiger partial charge in [0.05, 0.1) is 6.10 Å². The first kappa shape index (κ1) is 19.1. The molecule has 2 heterocycles. The van der Waals surface area contributed by atoms with Gasteiger partial charge in [0.15, 0.2) is 0 Å². The topological polar surface area (TPSA) is 23.5 Å². The van der Waals surface area contributed by atoms with Crippen LogP contribution in [0.2, 0.25) is 5.02 Å². The van der Waals surface area contributed by atoms with E-state index in [1.54, 1.807) is 0 Å². The third-order valence-corrected chi connectivity index (χ3v) is 8.65. The molecule has 3 aliphatic rings. The molecule has 1 saturated carbocycles. The zero-order valence-corrected chi connectivity index (χ0v) is 17.5. The Morgan fingerprint density at radius 2 is 2.04 bits per heavy atom. The van der Waals surface area contributed by atoms with E-state index in [1.807, 2.05) is 0 Å². The molecule has 1 N–H and O–H groups in total. The molecule has 2 aliphatic heterocycles. The van der Waals surface area contributed by atoms with Gasteiger partial charge >= 0.3 is 0 Å². The summed E-state index contributed by atoms with van der Waals surface area (Å²) in [6.45, 7) is 6.20. The number of aliphatic hydroxyl groups excluding tert-OH is 1. The Hall–Kier alpha value is -0.220. The summed E-state index contributed by atoms with van der Waals surface area (Å²) in [5.41, 5.74) is 3.33. The van der Waals surface area contributed by atoms with Gasteiger partial charge in [0, 0.05) is 35.0 Å². The van der Waals surface area contributed by atoms with Gasteiger partial charge in [0.2, 0.25) is 0 Å². The molecule has 2 saturated heterocycles. The highest BCUT2D eigenvalue weighted by Crippen LogP contribution is 2.45. The second kappa shape index (κ2) is 8.03. The van der Waals surface area contributed by atoms with Crippen LogP contribution in [0.5, 0.6) is 0 Å². The number of rotatable bonds is 5. The van der Waals surface area contributed by atoms with E-state index in [9.17, 15) is 5.11 Å². The van der Waals surface area contributed by atoms with Crippen LogP contribution in [-0.4, -0.2) is 47.3 Å². The fraction of sp³-hybridized carbons (Fsp3) is 0.727. The summed E-state index contributed by atoms with van der Waals surface area (Å²) in [6, 6.07) is 6.74. The van der Waals surface area contributed by atoms with Crippen LogP contribution in [0.4, 0.5) is 0 Å². The monoisotopic (exact) mass is 393 g/mol. The maximum atomic E-state index is 9.72. The van der Waals surface area contributed by atoms with Crippen molar-refractivity contribution in [3.63, 3.8) is 0 Å². The highest BCUT2D eigenvalue weighted by molar-refractivity contribution is 8.00. The fourth-order valence-electron chi connectivity index (χ4n) is 5.13. The second-order valence-corrected chi connectivity index (χ2v) is 10.5. The lowest BCUT2D eigenvalue weighted by atomic mass is 9.82. The summed E-state index contributed by atoms with van der Waals surface area (Å²) >= 11 is 8.76. The van der Waals surface area contributed by atoms with E-state index in [-0.39, 0.29) is 6.10 Å². The van der Waals surface area contributed by atoms with Gasteiger partial charge in [-0.15, -0.1) is 0 Å². The Morgan fingerprint density at radius 1 is 1.27 bits per heavy atom. The molecule has 1 aliphatic carbocycles. The minimum absolute atomic E-state index is 0.103. The van der Waals surface area contributed by atoms with E-state index >= 15 is 0 Å². The Morgan fingerprint density at radius 3 is 2.65 bits per heavy atom. The van der Waals surface area contributed by atoms with E-state index < -0.39 is 0 Å². The van der Waals surface area contributed by atoms with E-state index in [0.29, 0.717) is 17.3 Å². The number of hydrogen-bond donors (Lipinski definition) is 1. The summed E-state index contributed by atoms with van der Waals surface area (Å²) in [4.78, 5) is 2.69. The van der Waals surface area contributed by atoms with Gasteiger partial charge in [-0.3, -0.25) is 0 Å². The first-order valence-corrected chi connectivity index (χ1v) is 11.8. The zero-order chi connectivity index (χ0) is 18.1. The van der Waals surface area contributed by atoms with Crippen molar-refractivity contribution in [1.82, 2.24) is 4.90 Å². The molecule has 144 valence electrons. The molecule has 1 unspecified atom stereocenters. The molecule has 0 bridgehead atoms. The molecule has 1 aromatic rings. The van der Waals surface area contributed by atoms with Gasteiger partial charge in [0.1, 0.15) is 0 Å². The quantitative estimate of drug-likeness (QED) is 0.763. The van der Waals surface area contributed by atoms with Gasteiger partial charge in [-0.05, 0) is 74.1 Å². The number of nitrogens with zero attached hydrogens (tertiary/aromatic N) is 1. The Balaban J connectivity index is 1.31. The summed E-state index contributed by atoms with van der Waals surface area (Å²) in [5.74, 6) is 3.96. The molecule has 1 aromatic carbocycles. The van der Waals surface area contributed by atoms with Gasteiger partial charge < -0.3 is 10.0 Å². The number of halogens is 1. The zero-order valence-electron chi connectivity index (χ0n) is 15.9. The molecular weight excluding hydrogens is 362 g/mol. The van der Waals surface area contributed by atoms with Crippen LogP contribution >= 0.6 is 23.4 Å². The Labute approximate surface area is 167 Å². The van der Waals surface area contributed by atoms with Gasteiger partial charge in [0.25, 0.3) is 0 Å². The lowest BCUT2D eigenvalue weighted by molar-refractivity contribution is 0.122. The van der Waals surface area contributed by atoms with Gasteiger partial charge in [-0.1, -0.05) is 30.7 Å². The van der Waals surface area contributed by atoms with Crippen LogP contribution in [-0.2, 0) is 6.42 Å². The molecule has 0 amide bonds. The Bertz CT molecular complexity index is 625. The highest BCUT2D eigenvalue weighted by Gasteiger charge is 2.43.